The third-order valence-electron chi connectivity index (χ3n) is 6.88. The highest BCUT2D eigenvalue weighted by atomic mass is 15.2. The molecule has 0 amide bonds. The second kappa shape index (κ2) is 10.5. The van der Waals surface area contributed by atoms with Crippen LogP contribution >= 0.6 is 0 Å². The molecule has 5 heteroatoms. The monoisotopic (exact) mass is 465 g/mol. The Labute approximate surface area is 209 Å². The Morgan fingerprint density at radius 3 is 2.06 bits per heavy atom. The van der Waals surface area contributed by atoms with E-state index in [2.05, 4.69) is 84.2 Å². The van der Waals surface area contributed by atoms with Crippen LogP contribution in [0.1, 0.15) is 55.8 Å². The summed E-state index contributed by atoms with van der Waals surface area (Å²) >= 11 is 0. The number of hydrogen-bond acceptors (Lipinski definition) is 5. The molecule has 5 rings (SSSR count). The predicted molar refractivity (Wildman–Crippen MR) is 147 cm³/mol. The van der Waals surface area contributed by atoms with Crippen molar-refractivity contribution in [2.75, 3.05) is 24.5 Å². The fourth-order valence-electron chi connectivity index (χ4n) is 4.86. The molecule has 35 heavy (non-hydrogen) atoms. The minimum absolute atomic E-state index is 0.784. The maximum atomic E-state index is 5.29. The molecule has 0 N–H and O–H groups in total. The summed E-state index contributed by atoms with van der Waals surface area (Å²) in [6.45, 7) is 9.16. The van der Waals surface area contributed by atoms with E-state index in [1.165, 1.54) is 17.5 Å². The molecule has 0 radical (unpaired) electrons. The van der Waals surface area contributed by atoms with Crippen LogP contribution in [0.5, 0.6) is 0 Å². The van der Waals surface area contributed by atoms with E-state index in [0.717, 1.165) is 97.3 Å². The predicted octanol–water partition coefficient (Wildman–Crippen LogP) is 6.61. The average molecular weight is 466 g/mol. The Hall–Kier alpha value is -3.34. The van der Waals surface area contributed by atoms with Gasteiger partial charge in [0.1, 0.15) is 5.84 Å². The van der Waals surface area contributed by atoms with Gasteiger partial charge in [-0.05, 0) is 46.5 Å². The van der Waals surface area contributed by atoms with Crippen LogP contribution in [0.3, 0.4) is 0 Å². The number of rotatable bonds is 8. The molecule has 2 aliphatic rings. The van der Waals surface area contributed by atoms with Crippen LogP contribution < -0.4 is 4.90 Å². The SMILES string of the molecule is CC1=NC(CCCCCN2CCCc3nc(-c4ccc(C)cc4)c(-c4ccc(C)cc4)nc32)=NC1. The summed E-state index contributed by atoms with van der Waals surface area (Å²) < 4.78 is 0. The van der Waals surface area contributed by atoms with Gasteiger partial charge in [-0.15, -0.1) is 0 Å². The molecule has 0 unspecified atom stereocenters. The smallest absolute Gasteiger partial charge is 0.151 e. The molecule has 0 spiro atoms. The normalized spacial score (nSPS) is 15.1. The van der Waals surface area contributed by atoms with Gasteiger partial charge in [0.15, 0.2) is 5.82 Å². The van der Waals surface area contributed by atoms with Gasteiger partial charge in [-0.3, -0.25) is 4.99 Å². The number of benzene rings is 2. The van der Waals surface area contributed by atoms with E-state index in [4.69, 9.17) is 9.97 Å². The summed E-state index contributed by atoms with van der Waals surface area (Å²) in [4.78, 5) is 22.0. The number of aryl methyl sites for hydroxylation is 3. The van der Waals surface area contributed by atoms with Gasteiger partial charge in [0.25, 0.3) is 0 Å². The minimum atomic E-state index is 0.784. The fraction of sp³-hybridized carbons (Fsp3) is 0.400. The lowest BCUT2D eigenvalue weighted by atomic mass is 10.0. The lowest BCUT2D eigenvalue weighted by Gasteiger charge is -2.30. The third-order valence-corrected chi connectivity index (χ3v) is 6.88. The Bertz CT molecular complexity index is 1240. The Balaban J connectivity index is 1.37. The molecule has 2 aromatic carbocycles. The van der Waals surface area contributed by atoms with Crippen LogP contribution in [0, 0.1) is 13.8 Å². The van der Waals surface area contributed by atoms with E-state index in [1.54, 1.807) is 0 Å². The Kier molecular flexibility index (Phi) is 7.03. The minimum Gasteiger partial charge on any atom is -0.355 e. The lowest BCUT2D eigenvalue weighted by Crippen LogP contribution is -2.32. The van der Waals surface area contributed by atoms with Crippen molar-refractivity contribution in [3.8, 4) is 22.5 Å². The number of amidine groups is 1. The van der Waals surface area contributed by atoms with Crippen molar-refractivity contribution >= 4 is 17.4 Å². The number of fused-ring (bicyclic) bond motifs is 1. The quantitative estimate of drug-likeness (QED) is 0.352. The molecule has 0 atom stereocenters. The first kappa shape index (κ1) is 23.4. The lowest BCUT2D eigenvalue weighted by molar-refractivity contribution is 0.617. The Morgan fingerprint density at radius 1 is 0.771 bits per heavy atom. The third kappa shape index (κ3) is 5.50. The van der Waals surface area contributed by atoms with Crippen molar-refractivity contribution in [1.82, 2.24) is 9.97 Å². The number of nitrogens with zero attached hydrogens (tertiary/aromatic N) is 5. The van der Waals surface area contributed by atoms with Gasteiger partial charge >= 0.3 is 0 Å². The molecular weight excluding hydrogens is 430 g/mol. The molecule has 1 aromatic heterocycles. The zero-order valence-electron chi connectivity index (χ0n) is 21.2. The second-order valence-corrected chi connectivity index (χ2v) is 9.90. The van der Waals surface area contributed by atoms with Crippen LogP contribution in [0.4, 0.5) is 5.82 Å². The van der Waals surface area contributed by atoms with Gasteiger partial charge in [-0.2, -0.15) is 0 Å². The van der Waals surface area contributed by atoms with Gasteiger partial charge in [0.05, 0.1) is 23.6 Å². The number of hydrogen-bond donors (Lipinski definition) is 0. The molecule has 0 aliphatic carbocycles. The molecule has 3 aromatic rings. The van der Waals surface area contributed by atoms with Crippen molar-refractivity contribution in [3.05, 3.63) is 65.4 Å². The number of anilines is 1. The van der Waals surface area contributed by atoms with Crippen LogP contribution in [0.2, 0.25) is 0 Å². The van der Waals surface area contributed by atoms with E-state index in [1.807, 2.05) is 0 Å². The number of aliphatic imine (C=N–C) groups is 2. The summed E-state index contributed by atoms with van der Waals surface area (Å²) in [5.74, 6) is 2.10. The van der Waals surface area contributed by atoms with Gasteiger partial charge in [-0.1, -0.05) is 66.1 Å². The average Bonchev–Trinajstić information content (AvgIpc) is 3.29. The first-order chi connectivity index (χ1) is 17.1. The summed E-state index contributed by atoms with van der Waals surface area (Å²) in [5, 5.41) is 0. The maximum Gasteiger partial charge on any atom is 0.151 e. The molecule has 2 aliphatic heterocycles. The number of unbranched alkanes of at least 4 members (excludes halogenated alkanes) is 2. The molecule has 0 bridgehead atoms. The van der Waals surface area contributed by atoms with Crippen molar-refractivity contribution in [2.45, 2.75) is 59.3 Å². The van der Waals surface area contributed by atoms with Gasteiger partial charge < -0.3 is 4.90 Å². The van der Waals surface area contributed by atoms with Crippen molar-refractivity contribution < 1.29 is 0 Å². The molecule has 0 saturated heterocycles. The van der Waals surface area contributed by atoms with Gasteiger partial charge in [0.2, 0.25) is 0 Å². The van der Waals surface area contributed by atoms with E-state index in [-0.39, 0.29) is 0 Å². The maximum absolute atomic E-state index is 5.29. The summed E-state index contributed by atoms with van der Waals surface area (Å²) in [6, 6.07) is 17.3. The summed E-state index contributed by atoms with van der Waals surface area (Å²) in [7, 11) is 0. The van der Waals surface area contributed by atoms with Gasteiger partial charge in [0, 0.05) is 36.3 Å². The van der Waals surface area contributed by atoms with E-state index in [9.17, 15) is 0 Å². The second-order valence-electron chi connectivity index (χ2n) is 9.90. The highest BCUT2D eigenvalue weighted by Gasteiger charge is 2.23. The number of aromatic nitrogens is 2. The molecule has 180 valence electrons. The molecule has 5 nitrogen and oxygen atoms in total. The molecule has 3 heterocycles. The Morgan fingerprint density at radius 2 is 1.43 bits per heavy atom. The van der Waals surface area contributed by atoms with E-state index >= 15 is 0 Å². The first-order valence-corrected chi connectivity index (χ1v) is 12.9. The summed E-state index contributed by atoms with van der Waals surface area (Å²) in [6.07, 6.45) is 6.58. The highest BCUT2D eigenvalue weighted by Crippen LogP contribution is 2.35. The highest BCUT2D eigenvalue weighted by molar-refractivity contribution is 6.02. The standard InChI is InChI=1S/C30H35N5/c1-21-10-14-24(15-11-21)28-29(25-16-12-22(2)13-17-25)34-30-26(33-28)8-7-19-35(30)18-6-4-5-9-27-31-20-23(3)32-27/h10-17H,4-9,18-20H2,1-3H3. The van der Waals surface area contributed by atoms with Crippen LogP contribution in [0.15, 0.2) is 58.5 Å². The topological polar surface area (TPSA) is 53.7 Å². The van der Waals surface area contributed by atoms with E-state index < -0.39 is 0 Å². The molecular formula is C30H35N5. The van der Waals surface area contributed by atoms with E-state index in [0.29, 0.717) is 0 Å². The fourth-order valence-corrected chi connectivity index (χ4v) is 4.86. The van der Waals surface area contributed by atoms with Crippen LogP contribution in [-0.2, 0) is 6.42 Å². The zero-order valence-corrected chi connectivity index (χ0v) is 21.2. The largest absolute Gasteiger partial charge is 0.355 e. The van der Waals surface area contributed by atoms with Crippen molar-refractivity contribution in [3.63, 3.8) is 0 Å². The van der Waals surface area contributed by atoms with Gasteiger partial charge in [-0.25, -0.2) is 15.0 Å². The van der Waals surface area contributed by atoms with Crippen LogP contribution in [-0.4, -0.2) is 41.1 Å². The van der Waals surface area contributed by atoms with Crippen LogP contribution in [0.25, 0.3) is 22.5 Å². The molecule has 0 fully saturated rings. The first-order valence-electron chi connectivity index (χ1n) is 12.9. The van der Waals surface area contributed by atoms with Crippen molar-refractivity contribution in [2.24, 2.45) is 9.98 Å². The zero-order chi connectivity index (χ0) is 24.2. The summed E-state index contributed by atoms with van der Waals surface area (Å²) in [5.41, 5.74) is 9.00. The van der Waals surface area contributed by atoms with Crippen molar-refractivity contribution in [1.29, 1.82) is 0 Å². The molecule has 0 saturated carbocycles.